The number of nitrogens with one attached hydrogen (secondary N) is 2. The molecule has 0 radical (unpaired) electrons. The van der Waals surface area contributed by atoms with Gasteiger partial charge in [-0.05, 0) is 12.1 Å². The molecule has 1 aromatic heterocycles. The van der Waals surface area contributed by atoms with E-state index in [0.29, 0.717) is 17.1 Å². The highest BCUT2D eigenvalue weighted by Crippen LogP contribution is 2.31. The molecule has 0 saturated carbocycles. The van der Waals surface area contributed by atoms with Crippen molar-refractivity contribution in [2.45, 2.75) is 12.5 Å². The van der Waals surface area contributed by atoms with Crippen LogP contribution in [0, 0.1) is 0 Å². The molecule has 2 rings (SSSR count). The Labute approximate surface area is 153 Å². The van der Waals surface area contributed by atoms with E-state index in [2.05, 4.69) is 10.3 Å². The van der Waals surface area contributed by atoms with Crippen molar-refractivity contribution in [3.63, 3.8) is 0 Å². The maximum atomic E-state index is 12.5. The van der Waals surface area contributed by atoms with Gasteiger partial charge in [0.05, 0.1) is 26.7 Å². The number of hydrogen-bond donors (Lipinski definition) is 3. The highest BCUT2D eigenvalue weighted by atomic mass is 16.5. The van der Waals surface area contributed by atoms with Crippen LogP contribution < -0.4 is 26.0 Å². The van der Waals surface area contributed by atoms with E-state index >= 15 is 0 Å². The lowest BCUT2D eigenvalue weighted by Gasteiger charge is -2.20. The van der Waals surface area contributed by atoms with Crippen LogP contribution in [-0.4, -0.2) is 40.8 Å². The van der Waals surface area contributed by atoms with Gasteiger partial charge in [-0.3, -0.25) is 19.0 Å². The molecule has 10 heteroatoms. The molecule has 144 valence electrons. The smallest absolute Gasteiger partial charge is 0.328 e. The second-order valence-corrected chi connectivity index (χ2v) is 5.60. The van der Waals surface area contributed by atoms with Gasteiger partial charge in [-0.15, -0.1) is 0 Å². The summed E-state index contributed by atoms with van der Waals surface area (Å²) in [5, 5.41) is 11.7. The van der Waals surface area contributed by atoms with E-state index < -0.39 is 35.6 Å². The second-order valence-electron chi connectivity index (χ2n) is 5.60. The number of rotatable bonds is 7. The number of amides is 1. The third kappa shape index (κ3) is 4.35. The number of carboxylic acids is 1. The van der Waals surface area contributed by atoms with E-state index in [4.69, 9.17) is 9.47 Å². The summed E-state index contributed by atoms with van der Waals surface area (Å²) in [5.41, 5.74) is -1.39. The maximum Gasteiger partial charge on any atom is 0.328 e. The summed E-state index contributed by atoms with van der Waals surface area (Å²) in [5.74, 6) is -1.18. The number of carbonyl (C=O) groups is 2. The van der Waals surface area contributed by atoms with Crippen molar-refractivity contribution < 1.29 is 24.2 Å². The van der Waals surface area contributed by atoms with E-state index in [-0.39, 0.29) is 5.56 Å². The molecule has 0 fully saturated rings. The average molecular weight is 377 g/mol. The van der Waals surface area contributed by atoms with Crippen molar-refractivity contribution in [1.29, 1.82) is 0 Å². The van der Waals surface area contributed by atoms with Gasteiger partial charge in [-0.2, -0.15) is 0 Å². The second kappa shape index (κ2) is 8.21. The lowest BCUT2D eigenvalue weighted by atomic mass is 10.0. The molecular formula is C17H19N3O7. The lowest BCUT2D eigenvalue weighted by Crippen LogP contribution is -2.40. The first kappa shape index (κ1) is 19.8. The predicted molar refractivity (Wildman–Crippen MR) is 94.3 cm³/mol. The number of H-pyrrole nitrogens is 1. The summed E-state index contributed by atoms with van der Waals surface area (Å²) < 4.78 is 11.1. The van der Waals surface area contributed by atoms with Crippen LogP contribution >= 0.6 is 0 Å². The average Bonchev–Trinajstić information content (AvgIpc) is 2.64. The van der Waals surface area contributed by atoms with Crippen LogP contribution in [-0.2, 0) is 11.8 Å². The summed E-state index contributed by atoms with van der Waals surface area (Å²) >= 11 is 0. The fourth-order valence-electron chi connectivity index (χ4n) is 2.48. The molecule has 1 atom stereocenters. The highest BCUT2D eigenvalue weighted by Gasteiger charge is 2.24. The fourth-order valence-corrected chi connectivity index (χ4v) is 2.48. The van der Waals surface area contributed by atoms with E-state index in [1.165, 1.54) is 21.3 Å². The van der Waals surface area contributed by atoms with E-state index in [9.17, 15) is 24.3 Å². The normalized spacial score (nSPS) is 11.5. The molecule has 0 bridgehead atoms. The molecule has 0 aliphatic rings. The van der Waals surface area contributed by atoms with Crippen LogP contribution in [0.2, 0.25) is 0 Å². The molecule has 2 aromatic rings. The van der Waals surface area contributed by atoms with E-state index in [1.54, 1.807) is 18.2 Å². The Bertz CT molecular complexity index is 977. The van der Waals surface area contributed by atoms with Crippen molar-refractivity contribution in [2.24, 2.45) is 7.05 Å². The van der Waals surface area contributed by atoms with Gasteiger partial charge in [0, 0.05) is 24.9 Å². The minimum Gasteiger partial charge on any atom is -0.497 e. The van der Waals surface area contributed by atoms with Crippen molar-refractivity contribution in [3.05, 3.63) is 56.4 Å². The number of benzene rings is 1. The van der Waals surface area contributed by atoms with Gasteiger partial charge in [0.2, 0.25) is 0 Å². The van der Waals surface area contributed by atoms with Gasteiger partial charge in [0.15, 0.2) is 0 Å². The Morgan fingerprint density at radius 3 is 2.56 bits per heavy atom. The third-order valence-corrected chi connectivity index (χ3v) is 3.92. The number of methoxy groups -OCH3 is 2. The lowest BCUT2D eigenvalue weighted by molar-refractivity contribution is -0.137. The SMILES string of the molecule is COc1ccc(C(CC(=O)O)NC(=O)c2c[nH]c(=O)n(C)c2=O)c(OC)c1. The highest BCUT2D eigenvalue weighted by molar-refractivity contribution is 5.94. The van der Waals surface area contributed by atoms with Gasteiger partial charge in [-0.25, -0.2) is 4.79 Å². The summed E-state index contributed by atoms with van der Waals surface area (Å²) in [4.78, 5) is 49.6. The molecule has 0 spiro atoms. The van der Waals surface area contributed by atoms with Crippen LogP contribution in [0.25, 0.3) is 0 Å². The quantitative estimate of drug-likeness (QED) is 0.619. The molecule has 1 unspecified atom stereocenters. The number of nitrogens with zero attached hydrogens (tertiary/aromatic N) is 1. The van der Waals surface area contributed by atoms with Crippen molar-refractivity contribution in [1.82, 2.24) is 14.9 Å². The minimum atomic E-state index is -1.16. The number of aromatic amines is 1. The van der Waals surface area contributed by atoms with Crippen molar-refractivity contribution in [2.75, 3.05) is 14.2 Å². The van der Waals surface area contributed by atoms with Gasteiger partial charge >= 0.3 is 11.7 Å². The topological polar surface area (TPSA) is 140 Å². The van der Waals surface area contributed by atoms with Crippen LogP contribution in [0.1, 0.15) is 28.4 Å². The largest absolute Gasteiger partial charge is 0.497 e. The summed E-state index contributed by atoms with van der Waals surface area (Å²) in [6.45, 7) is 0. The number of carbonyl (C=O) groups excluding carboxylic acids is 1. The Morgan fingerprint density at radius 2 is 1.96 bits per heavy atom. The van der Waals surface area contributed by atoms with Gasteiger partial charge in [-0.1, -0.05) is 0 Å². The molecule has 27 heavy (non-hydrogen) atoms. The van der Waals surface area contributed by atoms with Gasteiger partial charge in [0.1, 0.15) is 17.1 Å². The van der Waals surface area contributed by atoms with Crippen LogP contribution in [0.3, 0.4) is 0 Å². The Balaban J connectivity index is 2.42. The maximum absolute atomic E-state index is 12.5. The first-order valence-corrected chi connectivity index (χ1v) is 7.81. The first-order chi connectivity index (χ1) is 12.8. The van der Waals surface area contributed by atoms with E-state index in [1.807, 2.05) is 0 Å². The fraction of sp³-hybridized carbons (Fsp3) is 0.294. The number of ether oxygens (including phenoxy) is 2. The minimum absolute atomic E-state index is 0.315. The Hall–Kier alpha value is -3.56. The molecule has 0 saturated heterocycles. The standard InChI is InChI=1S/C17H19N3O7/c1-20-16(24)11(8-18-17(20)25)15(23)19-12(7-14(21)22)10-5-4-9(26-2)6-13(10)27-3/h4-6,8,12H,7H2,1-3H3,(H,18,25)(H,19,23)(H,21,22). The summed E-state index contributed by atoms with van der Waals surface area (Å²) in [6, 6.07) is 3.73. The van der Waals surface area contributed by atoms with Crippen molar-refractivity contribution >= 4 is 11.9 Å². The van der Waals surface area contributed by atoms with Crippen LogP contribution in [0.15, 0.2) is 34.0 Å². The molecule has 1 heterocycles. The molecule has 0 aliphatic heterocycles. The first-order valence-electron chi connectivity index (χ1n) is 7.81. The van der Waals surface area contributed by atoms with Gasteiger partial charge < -0.3 is 24.9 Å². The zero-order valence-corrected chi connectivity index (χ0v) is 14.9. The molecule has 10 nitrogen and oxygen atoms in total. The third-order valence-electron chi connectivity index (χ3n) is 3.92. The number of hydrogen-bond acceptors (Lipinski definition) is 6. The van der Waals surface area contributed by atoms with Gasteiger partial charge in [0.25, 0.3) is 11.5 Å². The molecule has 0 aliphatic carbocycles. The number of carboxylic acid groups (broad SMARTS) is 1. The molecule has 1 aromatic carbocycles. The molecular weight excluding hydrogens is 358 g/mol. The molecule has 1 amide bonds. The summed E-state index contributed by atoms with van der Waals surface area (Å²) in [6.07, 6.45) is 0.543. The number of aliphatic carboxylic acids is 1. The summed E-state index contributed by atoms with van der Waals surface area (Å²) in [7, 11) is 4.09. The van der Waals surface area contributed by atoms with E-state index in [0.717, 1.165) is 10.8 Å². The zero-order chi connectivity index (χ0) is 20.1. The monoisotopic (exact) mass is 377 g/mol. The number of aromatic nitrogens is 2. The van der Waals surface area contributed by atoms with Crippen LogP contribution in [0.5, 0.6) is 11.5 Å². The molecule has 3 N–H and O–H groups in total. The Morgan fingerprint density at radius 1 is 1.26 bits per heavy atom. The predicted octanol–water partition coefficient (Wildman–Crippen LogP) is 0.0366. The van der Waals surface area contributed by atoms with Crippen molar-refractivity contribution in [3.8, 4) is 11.5 Å². The Kier molecular flexibility index (Phi) is 6.01. The van der Waals surface area contributed by atoms with Crippen LogP contribution in [0.4, 0.5) is 0 Å². The zero-order valence-electron chi connectivity index (χ0n) is 14.9.